The Morgan fingerprint density at radius 1 is 1.26 bits per heavy atom. The Hall–Kier alpha value is -2.29. The largest absolute Gasteiger partial charge is 0.504 e. The van der Waals surface area contributed by atoms with Crippen LogP contribution in [0.5, 0.6) is 17.2 Å². The third kappa shape index (κ3) is 2.30. The number of rotatable bonds is 0. The summed E-state index contributed by atoms with van der Waals surface area (Å²) in [6.45, 7) is 5.29. The normalized spacial score (nSPS) is 32.4. The number of aromatic hydroxyl groups is 1. The number of benzene rings is 1. The van der Waals surface area contributed by atoms with Gasteiger partial charge in [-0.2, -0.15) is 0 Å². The van der Waals surface area contributed by atoms with Gasteiger partial charge in [0.25, 0.3) is 0 Å². The number of phenolic OH excluding ortho intramolecular Hbond substituents is 1. The maximum absolute atomic E-state index is 12.4. The van der Waals surface area contributed by atoms with Gasteiger partial charge in [0, 0.05) is 12.5 Å². The lowest BCUT2D eigenvalue weighted by Gasteiger charge is -2.45. The Labute approximate surface area is 155 Å². The molecule has 0 radical (unpaired) electrons. The van der Waals surface area contributed by atoms with Crippen molar-refractivity contribution in [3.8, 4) is 17.2 Å². The number of fused-ring (bicyclic) bond motifs is 6. The fourth-order valence-corrected chi connectivity index (χ4v) is 4.53. The van der Waals surface area contributed by atoms with Gasteiger partial charge in [0.05, 0.1) is 12.6 Å². The molecule has 0 aromatic heterocycles. The Bertz CT molecular complexity index is 877. The highest BCUT2D eigenvalue weighted by molar-refractivity contribution is 5.86. The van der Waals surface area contributed by atoms with Gasteiger partial charge < -0.3 is 34.1 Å². The van der Waals surface area contributed by atoms with Gasteiger partial charge in [0.15, 0.2) is 17.3 Å². The van der Waals surface area contributed by atoms with Crippen LogP contribution >= 0.6 is 0 Å². The molecule has 4 aliphatic rings. The van der Waals surface area contributed by atoms with Crippen molar-refractivity contribution < 1.29 is 34.0 Å². The van der Waals surface area contributed by atoms with Gasteiger partial charge in [-0.3, -0.25) is 4.79 Å². The molecule has 1 fully saturated rings. The SMILES string of the molecule is CC(=O)N1Cc2c(cc3c(c2O)OCO3)C2=C[C@H](O)[C@H]3OC(C)(C)O[C@H]3[C@@H]21. The Balaban J connectivity index is 1.70. The predicted molar refractivity (Wildman–Crippen MR) is 92.1 cm³/mol. The summed E-state index contributed by atoms with van der Waals surface area (Å²) in [5.74, 6) is -0.322. The summed E-state index contributed by atoms with van der Waals surface area (Å²) < 4.78 is 22.7. The smallest absolute Gasteiger partial charge is 0.231 e. The quantitative estimate of drug-likeness (QED) is 0.701. The molecule has 0 unspecified atom stereocenters. The maximum atomic E-state index is 12.4. The predicted octanol–water partition coefficient (Wildman–Crippen LogP) is 1.13. The Kier molecular flexibility index (Phi) is 3.35. The van der Waals surface area contributed by atoms with Crippen LogP contribution in [-0.4, -0.2) is 58.0 Å². The lowest BCUT2D eigenvalue weighted by Crippen LogP contribution is -2.56. The van der Waals surface area contributed by atoms with E-state index in [2.05, 4.69) is 0 Å². The number of hydrogen-bond donors (Lipinski definition) is 2. The number of hydrogen-bond acceptors (Lipinski definition) is 7. The first kappa shape index (κ1) is 16.9. The van der Waals surface area contributed by atoms with Crippen molar-refractivity contribution in [2.75, 3.05) is 6.79 Å². The summed E-state index contributed by atoms with van der Waals surface area (Å²) in [6.07, 6.45) is -0.290. The fourth-order valence-electron chi connectivity index (χ4n) is 4.53. The first-order valence-electron chi connectivity index (χ1n) is 8.94. The summed E-state index contributed by atoms with van der Waals surface area (Å²) in [6, 6.07) is 1.37. The van der Waals surface area contributed by atoms with Crippen LogP contribution in [0.2, 0.25) is 0 Å². The number of nitrogens with zero attached hydrogens (tertiary/aromatic N) is 1. The summed E-state index contributed by atoms with van der Waals surface area (Å²) in [7, 11) is 0. The van der Waals surface area contributed by atoms with E-state index < -0.39 is 30.1 Å². The second-order valence-corrected chi connectivity index (χ2v) is 7.75. The van der Waals surface area contributed by atoms with E-state index in [9.17, 15) is 15.0 Å². The first-order chi connectivity index (χ1) is 12.8. The molecule has 8 heteroatoms. The van der Waals surface area contributed by atoms with E-state index in [0.29, 0.717) is 11.3 Å². The molecule has 3 heterocycles. The van der Waals surface area contributed by atoms with Crippen LogP contribution in [0.4, 0.5) is 0 Å². The third-order valence-electron chi connectivity index (χ3n) is 5.60. The monoisotopic (exact) mass is 375 g/mol. The van der Waals surface area contributed by atoms with E-state index in [1.807, 2.05) is 0 Å². The first-order valence-corrected chi connectivity index (χ1v) is 8.94. The number of carbonyl (C=O) groups is 1. The van der Waals surface area contributed by atoms with Crippen molar-refractivity contribution in [1.29, 1.82) is 0 Å². The number of amides is 1. The zero-order valence-electron chi connectivity index (χ0n) is 15.3. The van der Waals surface area contributed by atoms with Crippen molar-refractivity contribution in [2.45, 2.75) is 57.5 Å². The van der Waals surface area contributed by atoms with Crippen molar-refractivity contribution in [3.63, 3.8) is 0 Å². The molecule has 4 atom stereocenters. The van der Waals surface area contributed by atoms with E-state index in [0.717, 1.165) is 11.1 Å². The minimum absolute atomic E-state index is 0.0309. The average Bonchev–Trinajstić information content (AvgIpc) is 3.18. The molecule has 27 heavy (non-hydrogen) atoms. The van der Waals surface area contributed by atoms with Gasteiger partial charge in [-0.25, -0.2) is 0 Å². The lowest BCUT2D eigenvalue weighted by atomic mass is 9.78. The number of aliphatic hydroxyl groups is 1. The minimum Gasteiger partial charge on any atom is -0.504 e. The average molecular weight is 375 g/mol. The van der Waals surface area contributed by atoms with E-state index in [-0.39, 0.29) is 30.7 Å². The molecule has 1 aliphatic carbocycles. The highest BCUT2D eigenvalue weighted by Gasteiger charge is 2.55. The minimum atomic E-state index is -0.893. The Morgan fingerprint density at radius 3 is 2.74 bits per heavy atom. The fraction of sp³-hybridized carbons (Fsp3) is 0.526. The summed E-state index contributed by atoms with van der Waals surface area (Å²) in [5, 5.41) is 21.4. The molecule has 1 aromatic rings. The third-order valence-corrected chi connectivity index (χ3v) is 5.60. The lowest BCUT2D eigenvalue weighted by molar-refractivity contribution is -0.156. The molecule has 144 valence electrons. The van der Waals surface area contributed by atoms with E-state index >= 15 is 0 Å². The van der Waals surface area contributed by atoms with Crippen molar-refractivity contribution in [1.82, 2.24) is 4.90 Å². The molecule has 8 nitrogen and oxygen atoms in total. The van der Waals surface area contributed by atoms with Crippen LogP contribution in [0, 0.1) is 0 Å². The van der Waals surface area contributed by atoms with Crippen LogP contribution in [-0.2, 0) is 20.8 Å². The molecule has 2 N–H and O–H groups in total. The maximum Gasteiger partial charge on any atom is 0.231 e. The van der Waals surface area contributed by atoms with Crippen LogP contribution in [0.15, 0.2) is 12.1 Å². The van der Waals surface area contributed by atoms with Gasteiger partial charge in [-0.1, -0.05) is 0 Å². The van der Waals surface area contributed by atoms with Crippen molar-refractivity contribution in [2.24, 2.45) is 0 Å². The van der Waals surface area contributed by atoms with Gasteiger partial charge in [-0.15, -0.1) is 0 Å². The molecule has 1 amide bonds. The molecule has 3 aliphatic heterocycles. The second kappa shape index (κ2) is 5.37. The number of phenols is 1. The summed E-state index contributed by atoms with van der Waals surface area (Å²) >= 11 is 0. The Morgan fingerprint density at radius 2 is 2.00 bits per heavy atom. The highest BCUT2D eigenvalue weighted by Crippen LogP contribution is 2.52. The molecule has 1 aromatic carbocycles. The standard InChI is InChI=1S/C19H21NO7/c1-8(21)20-6-11-9(5-13-17(15(11)23)25-7-24-13)10-4-12(22)16-18(14(10)20)27-19(2,3)26-16/h4-5,12,14,16,18,22-23H,6-7H2,1-3H3/t12-,14+,16+,18-/m0/s1. The summed E-state index contributed by atoms with van der Waals surface area (Å²) in [4.78, 5) is 14.1. The van der Waals surface area contributed by atoms with Crippen LogP contribution < -0.4 is 9.47 Å². The van der Waals surface area contributed by atoms with Gasteiger partial charge in [-0.05, 0) is 37.1 Å². The van der Waals surface area contributed by atoms with E-state index in [4.69, 9.17) is 18.9 Å². The van der Waals surface area contributed by atoms with Gasteiger partial charge in [0.2, 0.25) is 18.4 Å². The molecule has 0 saturated carbocycles. The van der Waals surface area contributed by atoms with Gasteiger partial charge in [0.1, 0.15) is 18.3 Å². The second-order valence-electron chi connectivity index (χ2n) is 7.75. The van der Waals surface area contributed by atoms with Crippen molar-refractivity contribution >= 4 is 11.5 Å². The molecule has 5 rings (SSSR count). The molecular weight excluding hydrogens is 354 g/mol. The number of aliphatic hydroxyl groups excluding tert-OH is 1. The van der Waals surface area contributed by atoms with Crippen LogP contribution in [0.3, 0.4) is 0 Å². The highest BCUT2D eigenvalue weighted by atomic mass is 16.8. The van der Waals surface area contributed by atoms with Crippen molar-refractivity contribution in [3.05, 3.63) is 23.3 Å². The zero-order chi connectivity index (χ0) is 19.1. The zero-order valence-corrected chi connectivity index (χ0v) is 15.3. The van der Waals surface area contributed by atoms with E-state index in [1.165, 1.54) is 6.92 Å². The van der Waals surface area contributed by atoms with Gasteiger partial charge >= 0.3 is 0 Å². The van der Waals surface area contributed by atoms with Crippen LogP contribution in [0.1, 0.15) is 31.9 Å². The molecule has 0 bridgehead atoms. The number of carbonyl (C=O) groups excluding carboxylic acids is 1. The van der Waals surface area contributed by atoms with E-state index in [1.54, 1.807) is 30.9 Å². The topological polar surface area (TPSA) is 97.7 Å². The molecular formula is C19H21NO7. The van der Waals surface area contributed by atoms with Crippen LogP contribution in [0.25, 0.3) is 5.57 Å². The molecule has 1 saturated heterocycles. The number of ether oxygens (including phenoxy) is 4. The molecule has 0 spiro atoms. The summed E-state index contributed by atoms with van der Waals surface area (Å²) in [5.41, 5.74) is 2.01.